The van der Waals surface area contributed by atoms with Crippen molar-refractivity contribution in [1.29, 1.82) is 0 Å². The molecule has 0 fully saturated rings. The number of nitrogens with zero attached hydrogens (tertiary/aromatic N) is 1. The van der Waals surface area contributed by atoms with Crippen LogP contribution in [-0.2, 0) is 13.0 Å². The summed E-state index contributed by atoms with van der Waals surface area (Å²) in [5.41, 5.74) is 4.29. The van der Waals surface area contributed by atoms with Gasteiger partial charge >= 0.3 is 0 Å². The molecule has 0 aliphatic carbocycles. The SMILES string of the molecule is Cc1csc(C(C)NC(=O)c2ccc3c(c2)CNCC3)n1. The van der Waals surface area contributed by atoms with Crippen LogP contribution >= 0.6 is 11.3 Å². The average Bonchev–Trinajstić information content (AvgIpc) is 2.93. The van der Waals surface area contributed by atoms with Crippen molar-refractivity contribution in [3.63, 3.8) is 0 Å². The van der Waals surface area contributed by atoms with Crippen molar-refractivity contribution in [2.24, 2.45) is 0 Å². The third kappa shape index (κ3) is 3.14. The Balaban J connectivity index is 1.73. The van der Waals surface area contributed by atoms with E-state index in [1.165, 1.54) is 11.1 Å². The molecule has 3 rings (SSSR count). The Bertz CT molecular complexity index is 665. The minimum absolute atomic E-state index is 0.0382. The number of hydrogen-bond acceptors (Lipinski definition) is 4. The van der Waals surface area contributed by atoms with Crippen LogP contribution in [0.1, 0.15) is 45.2 Å². The molecule has 1 aromatic carbocycles. The molecule has 1 aliphatic rings. The Kier molecular flexibility index (Phi) is 4.03. The molecule has 1 aliphatic heterocycles. The molecule has 1 unspecified atom stereocenters. The van der Waals surface area contributed by atoms with E-state index in [0.29, 0.717) is 0 Å². The number of amides is 1. The third-order valence-corrected chi connectivity index (χ3v) is 4.86. The first-order valence-corrected chi connectivity index (χ1v) is 8.07. The lowest BCUT2D eigenvalue weighted by molar-refractivity contribution is 0.0939. The number of fused-ring (bicyclic) bond motifs is 1. The lowest BCUT2D eigenvalue weighted by atomic mass is 9.98. The summed E-state index contributed by atoms with van der Waals surface area (Å²) in [6.45, 7) is 5.79. The van der Waals surface area contributed by atoms with Gasteiger partial charge in [-0.1, -0.05) is 6.07 Å². The van der Waals surface area contributed by atoms with Crippen molar-refractivity contribution in [3.05, 3.63) is 51.0 Å². The summed E-state index contributed by atoms with van der Waals surface area (Å²) in [4.78, 5) is 16.8. The standard InChI is InChI=1S/C16H19N3OS/c1-10-9-21-16(18-10)11(2)19-15(20)13-4-3-12-5-6-17-8-14(12)7-13/h3-4,7,9,11,17H,5-6,8H2,1-2H3,(H,19,20). The highest BCUT2D eigenvalue weighted by Crippen LogP contribution is 2.19. The van der Waals surface area contributed by atoms with E-state index in [0.717, 1.165) is 35.8 Å². The zero-order valence-corrected chi connectivity index (χ0v) is 13.1. The molecule has 110 valence electrons. The van der Waals surface area contributed by atoms with Crippen LogP contribution in [0.3, 0.4) is 0 Å². The Labute approximate surface area is 128 Å². The number of hydrogen-bond donors (Lipinski definition) is 2. The van der Waals surface area contributed by atoms with Gasteiger partial charge in [-0.2, -0.15) is 0 Å². The lowest BCUT2D eigenvalue weighted by Gasteiger charge is -2.18. The topological polar surface area (TPSA) is 54.0 Å². The number of carbonyl (C=O) groups is 1. The van der Waals surface area contributed by atoms with Gasteiger partial charge in [0.1, 0.15) is 5.01 Å². The highest BCUT2D eigenvalue weighted by Gasteiger charge is 2.16. The largest absolute Gasteiger partial charge is 0.343 e. The smallest absolute Gasteiger partial charge is 0.251 e. The summed E-state index contributed by atoms with van der Waals surface area (Å²) in [6, 6.07) is 5.92. The molecular weight excluding hydrogens is 282 g/mol. The molecule has 0 spiro atoms. The Morgan fingerprint density at radius 2 is 2.29 bits per heavy atom. The fourth-order valence-electron chi connectivity index (χ4n) is 2.53. The van der Waals surface area contributed by atoms with Crippen LogP contribution in [-0.4, -0.2) is 17.4 Å². The molecule has 5 heteroatoms. The fraction of sp³-hybridized carbons (Fsp3) is 0.375. The first-order chi connectivity index (χ1) is 10.1. The second-order valence-electron chi connectivity index (χ2n) is 5.43. The lowest BCUT2D eigenvalue weighted by Crippen LogP contribution is -2.28. The Morgan fingerprint density at radius 3 is 3.05 bits per heavy atom. The van der Waals surface area contributed by atoms with Crippen LogP contribution in [0.2, 0.25) is 0 Å². The molecular formula is C16H19N3OS. The van der Waals surface area contributed by atoms with Gasteiger partial charge in [-0.05, 0) is 50.1 Å². The van der Waals surface area contributed by atoms with Crippen LogP contribution in [0.5, 0.6) is 0 Å². The summed E-state index contributed by atoms with van der Waals surface area (Å²) in [7, 11) is 0. The molecule has 0 saturated carbocycles. The van der Waals surface area contributed by atoms with Crippen molar-refractivity contribution >= 4 is 17.2 Å². The summed E-state index contributed by atoms with van der Waals surface area (Å²) < 4.78 is 0. The van der Waals surface area contributed by atoms with Crippen molar-refractivity contribution in [2.75, 3.05) is 6.54 Å². The zero-order valence-electron chi connectivity index (χ0n) is 12.3. The van der Waals surface area contributed by atoms with Gasteiger partial charge in [0.2, 0.25) is 0 Å². The van der Waals surface area contributed by atoms with Gasteiger partial charge < -0.3 is 10.6 Å². The van der Waals surface area contributed by atoms with Gasteiger partial charge in [-0.3, -0.25) is 4.79 Å². The molecule has 1 amide bonds. The van der Waals surface area contributed by atoms with Gasteiger partial charge in [-0.25, -0.2) is 4.98 Å². The average molecular weight is 301 g/mol. The van der Waals surface area contributed by atoms with Crippen molar-refractivity contribution in [1.82, 2.24) is 15.6 Å². The number of aryl methyl sites for hydroxylation is 1. The maximum Gasteiger partial charge on any atom is 0.251 e. The Hall–Kier alpha value is -1.72. The summed E-state index contributed by atoms with van der Waals surface area (Å²) >= 11 is 1.58. The normalized spacial score (nSPS) is 15.3. The van der Waals surface area contributed by atoms with Gasteiger partial charge in [-0.15, -0.1) is 11.3 Å². The maximum absolute atomic E-state index is 12.4. The van der Waals surface area contributed by atoms with E-state index in [-0.39, 0.29) is 11.9 Å². The van der Waals surface area contributed by atoms with Crippen molar-refractivity contribution in [2.45, 2.75) is 32.9 Å². The van der Waals surface area contributed by atoms with Crippen LogP contribution < -0.4 is 10.6 Å². The minimum Gasteiger partial charge on any atom is -0.343 e. The number of aromatic nitrogens is 1. The second-order valence-corrected chi connectivity index (χ2v) is 6.32. The molecule has 2 heterocycles. The minimum atomic E-state index is -0.0645. The first kappa shape index (κ1) is 14.2. The molecule has 2 N–H and O–H groups in total. The molecule has 1 atom stereocenters. The van der Waals surface area contributed by atoms with E-state index in [1.807, 2.05) is 31.4 Å². The molecule has 21 heavy (non-hydrogen) atoms. The highest BCUT2D eigenvalue weighted by molar-refractivity contribution is 7.09. The predicted octanol–water partition coefficient (Wildman–Crippen LogP) is 2.59. The van der Waals surface area contributed by atoms with E-state index in [4.69, 9.17) is 0 Å². The van der Waals surface area contributed by atoms with E-state index in [2.05, 4.69) is 21.7 Å². The number of benzene rings is 1. The number of thiazole rings is 1. The van der Waals surface area contributed by atoms with Crippen molar-refractivity contribution < 1.29 is 4.79 Å². The maximum atomic E-state index is 12.4. The van der Waals surface area contributed by atoms with Crippen molar-refractivity contribution in [3.8, 4) is 0 Å². The predicted molar refractivity (Wildman–Crippen MR) is 84.6 cm³/mol. The third-order valence-electron chi connectivity index (χ3n) is 3.71. The summed E-state index contributed by atoms with van der Waals surface area (Å²) in [5, 5.41) is 9.31. The van der Waals surface area contributed by atoms with Crippen LogP contribution in [0.4, 0.5) is 0 Å². The number of carbonyl (C=O) groups excluding carboxylic acids is 1. The quantitative estimate of drug-likeness (QED) is 0.916. The number of rotatable bonds is 3. The van der Waals surface area contributed by atoms with Gasteiger partial charge in [0.05, 0.1) is 6.04 Å². The molecule has 1 aromatic heterocycles. The van der Waals surface area contributed by atoms with Crippen LogP contribution in [0, 0.1) is 6.92 Å². The fourth-order valence-corrected chi connectivity index (χ4v) is 3.34. The van der Waals surface area contributed by atoms with Gasteiger partial charge in [0.15, 0.2) is 0 Å². The molecule has 4 nitrogen and oxygen atoms in total. The van der Waals surface area contributed by atoms with Gasteiger partial charge in [0, 0.05) is 23.2 Å². The molecule has 0 saturated heterocycles. The Morgan fingerprint density at radius 1 is 1.43 bits per heavy atom. The van der Waals surface area contributed by atoms with E-state index >= 15 is 0 Å². The molecule has 0 bridgehead atoms. The molecule has 0 radical (unpaired) electrons. The van der Waals surface area contributed by atoms with E-state index < -0.39 is 0 Å². The van der Waals surface area contributed by atoms with Crippen LogP contribution in [0.25, 0.3) is 0 Å². The zero-order chi connectivity index (χ0) is 14.8. The number of nitrogens with one attached hydrogen (secondary N) is 2. The van der Waals surface area contributed by atoms with Gasteiger partial charge in [0.25, 0.3) is 5.91 Å². The first-order valence-electron chi connectivity index (χ1n) is 7.19. The van der Waals surface area contributed by atoms with E-state index in [9.17, 15) is 4.79 Å². The second kappa shape index (κ2) is 5.95. The highest BCUT2D eigenvalue weighted by atomic mass is 32.1. The monoisotopic (exact) mass is 301 g/mol. The molecule has 2 aromatic rings. The summed E-state index contributed by atoms with van der Waals surface area (Å²) in [5.74, 6) is -0.0382. The summed E-state index contributed by atoms with van der Waals surface area (Å²) in [6.07, 6.45) is 1.03. The van der Waals surface area contributed by atoms with E-state index in [1.54, 1.807) is 11.3 Å². The van der Waals surface area contributed by atoms with Crippen LogP contribution in [0.15, 0.2) is 23.6 Å².